The van der Waals surface area contributed by atoms with Crippen LogP contribution in [0.25, 0.3) is 21.8 Å². The molecule has 0 atom stereocenters. The van der Waals surface area contributed by atoms with Crippen LogP contribution in [-0.2, 0) is 0 Å². The largest absolute Gasteiger partial charge is 0.506 e. The molecule has 0 bridgehead atoms. The van der Waals surface area contributed by atoms with Crippen LogP contribution in [-0.4, -0.2) is 10.1 Å². The van der Waals surface area contributed by atoms with Gasteiger partial charge in [-0.25, -0.2) is 0 Å². The van der Waals surface area contributed by atoms with E-state index in [-0.39, 0.29) is 0 Å². The Morgan fingerprint density at radius 2 is 1.87 bits per heavy atom. The van der Waals surface area contributed by atoms with E-state index in [0.29, 0.717) is 5.75 Å². The Kier molecular flexibility index (Phi) is 1.54. The predicted octanol–water partition coefficient (Wildman–Crippen LogP) is 3.34. The van der Waals surface area contributed by atoms with Gasteiger partial charge in [0.25, 0.3) is 0 Å². The zero-order chi connectivity index (χ0) is 10.4. The summed E-state index contributed by atoms with van der Waals surface area (Å²) in [4.78, 5) is 3.24. The third kappa shape index (κ3) is 1.05. The van der Waals surface area contributed by atoms with Crippen LogP contribution >= 0.6 is 0 Å². The topological polar surface area (TPSA) is 36.0 Å². The Balaban J connectivity index is 2.66. The summed E-state index contributed by atoms with van der Waals surface area (Å²) in [5.74, 6) is 0.312. The number of phenolic OH excluding ortho intramolecular Hbond substituents is 1. The fraction of sp³-hybridized carbons (Fsp3) is 0.0769. The number of aromatic nitrogens is 1. The first-order chi connectivity index (χ1) is 7.27. The first-order valence-corrected chi connectivity index (χ1v) is 4.96. The van der Waals surface area contributed by atoms with E-state index in [1.54, 1.807) is 6.07 Å². The van der Waals surface area contributed by atoms with Gasteiger partial charge in [0.05, 0.1) is 5.52 Å². The van der Waals surface area contributed by atoms with Crippen molar-refractivity contribution < 1.29 is 5.11 Å². The molecule has 0 amide bonds. The lowest BCUT2D eigenvalue weighted by atomic mass is 10.1. The SMILES string of the molecule is Cc1ccc(O)c2[nH]c3ccccc3c12. The molecule has 15 heavy (non-hydrogen) atoms. The van der Waals surface area contributed by atoms with Crippen molar-refractivity contribution in [2.24, 2.45) is 0 Å². The van der Waals surface area contributed by atoms with Crippen molar-refractivity contribution >= 4 is 21.8 Å². The predicted molar refractivity (Wildman–Crippen MR) is 62.2 cm³/mol. The molecular formula is C13H11NO. The molecular weight excluding hydrogens is 186 g/mol. The van der Waals surface area contributed by atoms with Gasteiger partial charge in [-0.05, 0) is 24.6 Å². The Bertz CT molecular complexity index is 652. The van der Waals surface area contributed by atoms with Crippen molar-refractivity contribution in [3.63, 3.8) is 0 Å². The van der Waals surface area contributed by atoms with Crippen LogP contribution in [0.2, 0.25) is 0 Å². The van der Waals surface area contributed by atoms with E-state index in [2.05, 4.69) is 18.0 Å². The van der Waals surface area contributed by atoms with Crippen molar-refractivity contribution in [3.05, 3.63) is 42.0 Å². The average molecular weight is 197 g/mol. The smallest absolute Gasteiger partial charge is 0.139 e. The van der Waals surface area contributed by atoms with Gasteiger partial charge in [-0.2, -0.15) is 0 Å². The van der Waals surface area contributed by atoms with Crippen LogP contribution in [0, 0.1) is 6.92 Å². The van der Waals surface area contributed by atoms with Gasteiger partial charge in [0.1, 0.15) is 5.75 Å². The second-order valence-corrected chi connectivity index (χ2v) is 3.82. The average Bonchev–Trinajstić information content (AvgIpc) is 2.64. The third-order valence-electron chi connectivity index (χ3n) is 2.85. The number of nitrogens with one attached hydrogen (secondary N) is 1. The van der Waals surface area contributed by atoms with Gasteiger partial charge in [-0.1, -0.05) is 24.3 Å². The van der Waals surface area contributed by atoms with E-state index >= 15 is 0 Å². The molecule has 0 saturated carbocycles. The minimum Gasteiger partial charge on any atom is -0.506 e. The second-order valence-electron chi connectivity index (χ2n) is 3.82. The molecule has 1 aromatic heterocycles. The van der Waals surface area contributed by atoms with Crippen LogP contribution in [0.15, 0.2) is 36.4 Å². The van der Waals surface area contributed by atoms with Gasteiger partial charge < -0.3 is 10.1 Å². The Labute approximate surface area is 87.2 Å². The van der Waals surface area contributed by atoms with Crippen LogP contribution in [0.3, 0.4) is 0 Å². The molecule has 2 aromatic carbocycles. The lowest BCUT2D eigenvalue weighted by molar-refractivity contribution is 0.480. The monoisotopic (exact) mass is 197 g/mol. The van der Waals surface area contributed by atoms with Crippen LogP contribution in [0.1, 0.15) is 5.56 Å². The Morgan fingerprint density at radius 3 is 2.73 bits per heavy atom. The molecule has 3 rings (SSSR count). The molecule has 0 radical (unpaired) electrons. The van der Waals surface area contributed by atoms with Crippen molar-refractivity contribution in [1.29, 1.82) is 0 Å². The van der Waals surface area contributed by atoms with Crippen LogP contribution < -0.4 is 0 Å². The molecule has 2 N–H and O–H groups in total. The number of H-pyrrole nitrogens is 1. The van der Waals surface area contributed by atoms with Crippen LogP contribution in [0.4, 0.5) is 0 Å². The standard InChI is InChI=1S/C13H11NO/c1-8-6-7-11(15)13-12(8)9-4-2-3-5-10(9)14-13/h2-7,14-15H,1H3. The van der Waals surface area contributed by atoms with E-state index in [9.17, 15) is 5.11 Å². The number of hydrogen-bond acceptors (Lipinski definition) is 1. The summed E-state index contributed by atoms with van der Waals surface area (Å²) in [6.45, 7) is 2.06. The Morgan fingerprint density at radius 1 is 1.07 bits per heavy atom. The number of benzene rings is 2. The molecule has 0 fully saturated rings. The number of para-hydroxylation sites is 1. The van der Waals surface area contributed by atoms with Gasteiger partial charge in [-0.15, -0.1) is 0 Å². The van der Waals surface area contributed by atoms with Crippen LogP contribution in [0.5, 0.6) is 5.75 Å². The number of fused-ring (bicyclic) bond motifs is 3. The second kappa shape index (κ2) is 2.76. The summed E-state index contributed by atoms with van der Waals surface area (Å²) in [5.41, 5.74) is 3.08. The first kappa shape index (κ1) is 8.36. The van der Waals surface area contributed by atoms with Gasteiger partial charge in [0.2, 0.25) is 0 Å². The maximum atomic E-state index is 9.77. The summed E-state index contributed by atoms with van der Waals surface area (Å²) in [7, 11) is 0. The van der Waals surface area contributed by atoms with Gasteiger partial charge in [0.15, 0.2) is 0 Å². The summed E-state index contributed by atoms with van der Waals surface area (Å²) < 4.78 is 0. The molecule has 0 spiro atoms. The highest BCUT2D eigenvalue weighted by atomic mass is 16.3. The van der Waals surface area contributed by atoms with Gasteiger partial charge >= 0.3 is 0 Å². The zero-order valence-corrected chi connectivity index (χ0v) is 8.41. The summed E-state index contributed by atoms with van der Waals surface area (Å²) in [6.07, 6.45) is 0. The van der Waals surface area contributed by atoms with E-state index in [1.165, 1.54) is 10.9 Å². The normalized spacial score (nSPS) is 11.3. The maximum absolute atomic E-state index is 9.77. The summed E-state index contributed by atoms with van der Waals surface area (Å²) >= 11 is 0. The molecule has 0 saturated heterocycles. The Hall–Kier alpha value is -1.96. The number of phenols is 1. The first-order valence-electron chi connectivity index (χ1n) is 4.96. The van der Waals surface area contributed by atoms with E-state index in [4.69, 9.17) is 0 Å². The lowest BCUT2D eigenvalue weighted by Crippen LogP contribution is -1.75. The van der Waals surface area contributed by atoms with E-state index in [0.717, 1.165) is 16.4 Å². The minimum absolute atomic E-state index is 0.312. The van der Waals surface area contributed by atoms with Gasteiger partial charge in [-0.3, -0.25) is 0 Å². The molecule has 2 nitrogen and oxygen atoms in total. The number of aryl methyl sites for hydroxylation is 1. The molecule has 3 aromatic rings. The molecule has 74 valence electrons. The molecule has 0 aliphatic heterocycles. The summed E-state index contributed by atoms with van der Waals surface area (Å²) in [5, 5.41) is 12.0. The van der Waals surface area contributed by atoms with Gasteiger partial charge in [0, 0.05) is 16.3 Å². The van der Waals surface area contributed by atoms with Crippen molar-refractivity contribution in [1.82, 2.24) is 4.98 Å². The van der Waals surface area contributed by atoms with Crippen molar-refractivity contribution in [2.75, 3.05) is 0 Å². The molecule has 2 heteroatoms. The number of hydrogen-bond donors (Lipinski definition) is 2. The highest BCUT2D eigenvalue weighted by molar-refractivity contribution is 6.10. The number of rotatable bonds is 0. The van der Waals surface area contributed by atoms with Crippen molar-refractivity contribution in [3.8, 4) is 5.75 Å². The minimum atomic E-state index is 0.312. The fourth-order valence-electron chi connectivity index (χ4n) is 2.11. The molecule has 0 aliphatic carbocycles. The van der Waals surface area contributed by atoms with Crippen molar-refractivity contribution in [2.45, 2.75) is 6.92 Å². The highest BCUT2D eigenvalue weighted by Crippen LogP contribution is 2.33. The number of aromatic amines is 1. The molecule has 0 aliphatic rings. The zero-order valence-electron chi connectivity index (χ0n) is 8.41. The molecule has 0 unspecified atom stereocenters. The lowest BCUT2D eigenvalue weighted by Gasteiger charge is -1.98. The fourth-order valence-corrected chi connectivity index (χ4v) is 2.11. The summed E-state index contributed by atoms with van der Waals surface area (Å²) in [6, 6.07) is 11.8. The molecule has 1 heterocycles. The maximum Gasteiger partial charge on any atom is 0.139 e. The van der Waals surface area contributed by atoms with E-state index < -0.39 is 0 Å². The van der Waals surface area contributed by atoms with E-state index in [1.807, 2.05) is 24.3 Å². The quantitative estimate of drug-likeness (QED) is 0.569. The third-order valence-corrected chi connectivity index (χ3v) is 2.85. The highest BCUT2D eigenvalue weighted by Gasteiger charge is 2.08. The number of aromatic hydroxyl groups is 1.